The molecule has 2 nitrogen and oxygen atoms in total. The maximum atomic E-state index is 11.7. The number of fused-ring (bicyclic) bond motifs is 1. The van der Waals surface area contributed by atoms with Gasteiger partial charge in [0.1, 0.15) is 10.5 Å². The van der Waals surface area contributed by atoms with Gasteiger partial charge < -0.3 is 0 Å². The van der Waals surface area contributed by atoms with Crippen LogP contribution in [0.4, 0.5) is 0 Å². The van der Waals surface area contributed by atoms with Crippen molar-refractivity contribution in [3.05, 3.63) is 65.2 Å². The first-order chi connectivity index (χ1) is 10.8. The molecule has 2 aromatic carbocycles. The minimum absolute atomic E-state index is 0.327. The van der Waals surface area contributed by atoms with E-state index in [0.717, 1.165) is 13.0 Å². The summed E-state index contributed by atoms with van der Waals surface area (Å²) in [6.45, 7) is 2.71. The number of hydrogen-bond donors (Lipinski definition) is 0. The van der Waals surface area contributed by atoms with Crippen molar-refractivity contribution in [1.82, 2.24) is 0 Å². The number of rotatable bonds is 6. The van der Waals surface area contributed by atoms with Crippen LogP contribution in [0, 0.1) is 0 Å². The van der Waals surface area contributed by atoms with Crippen LogP contribution in [0.3, 0.4) is 0 Å². The van der Waals surface area contributed by atoms with Crippen molar-refractivity contribution >= 4 is 27.3 Å². The quantitative estimate of drug-likeness (QED) is 0.627. The second-order valence-corrected chi connectivity index (χ2v) is 6.53. The fourth-order valence-corrected chi connectivity index (χ4v) is 3.87. The maximum Gasteiger partial charge on any atom is 0.242 e. The third-order valence-corrected chi connectivity index (χ3v) is 5.06. The summed E-state index contributed by atoms with van der Waals surface area (Å²) in [5.41, 5.74) is 2.55. The second kappa shape index (κ2) is 6.84. The topological polar surface area (TPSA) is 20.9 Å². The van der Waals surface area contributed by atoms with Gasteiger partial charge >= 0.3 is 0 Å². The summed E-state index contributed by atoms with van der Waals surface area (Å²) >= 11 is 1.83. The van der Waals surface area contributed by atoms with Gasteiger partial charge in [-0.05, 0) is 11.6 Å². The molecule has 1 aromatic heterocycles. The number of Topliss-reactive ketones (excluding diaryl/α,β-unsaturated/α-hetero) is 1. The van der Waals surface area contributed by atoms with Crippen molar-refractivity contribution in [2.45, 2.75) is 32.7 Å². The minimum atomic E-state index is 0.327. The summed E-state index contributed by atoms with van der Waals surface area (Å²) in [6.07, 6.45) is 2.15. The molecule has 0 atom stereocenters. The summed E-state index contributed by atoms with van der Waals surface area (Å²) in [5, 5.41) is 1.32. The number of aromatic nitrogens is 1. The highest BCUT2D eigenvalue weighted by atomic mass is 32.1. The summed E-state index contributed by atoms with van der Waals surface area (Å²) < 4.78 is 3.61. The SMILES string of the molecule is CCC(=O)CC[n+]1c(Cc2ccccc2)sc2ccccc21. The third-order valence-electron chi connectivity index (χ3n) is 3.89. The van der Waals surface area contributed by atoms with Crippen molar-refractivity contribution in [3.63, 3.8) is 0 Å². The molecule has 112 valence electrons. The molecule has 0 aliphatic heterocycles. The molecule has 0 unspecified atom stereocenters. The second-order valence-electron chi connectivity index (χ2n) is 5.42. The summed E-state index contributed by atoms with van der Waals surface area (Å²) in [6, 6.07) is 19.0. The number of hydrogen-bond acceptors (Lipinski definition) is 2. The molecular formula is C19H20NOS+. The highest BCUT2D eigenvalue weighted by molar-refractivity contribution is 7.18. The molecule has 22 heavy (non-hydrogen) atoms. The lowest BCUT2D eigenvalue weighted by Crippen LogP contribution is -2.37. The van der Waals surface area contributed by atoms with Crippen molar-refractivity contribution < 1.29 is 9.36 Å². The van der Waals surface area contributed by atoms with Gasteiger partial charge in [-0.15, -0.1) is 0 Å². The molecule has 0 amide bonds. The van der Waals surface area contributed by atoms with Crippen LogP contribution < -0.4 is 4.57 Å². The normalized spacial score (nSPS) is 11.0. The first-order valence-electron chi connectivity index (χ1n) is 7.74. The molecule has 0 aliphatic carbocycles. The minimum Gasteiger partial charge on any atom is -0.299 e. The average Bonchev–Trinajstić information content (AvgIpc) is 2.90. The van der Waals surface area contributed by atoms with Crippen molar-refractivity contribution in [1.29, 1.82) is 0 Å². The number of ketones is 1. The molecule has 3 rings (SSSR count). The van der Waals surface area contributed by atoms with Gasteiger partial charge in [0.2, 0.25) is 10.5 Å². The highest BCUT2D eigenvalue weighted by Gasteiger charge is 2.20. The van der Waals surface area contributed by atoms with E-state index in [9.17, 15) is 4.79 Å². The Morgan fingerprint density at radius 2 is 1.77 bits per heavy atom. The van der Waals surface area contributed by atoms with Gasteiger partial charge in [0, 0.05) is 12.5 Å². The van der Waals surface area contributed by atoms with Crippen LogP contribution in [-0.2, 0) is 17.8 Å². The number of thiazole rings is 1. The number of aryl methyl sites for hydroxylation is 1. The lowest BCUT2D eigenvalue weighted by atomic mass is 10.1. The zero-order valence-corrected chi connectivity index (χ0v) is 13.6. The summed E-state index contributed by atoms with van der Waals surface area (Å²) in [4.78, 5) is 11.7. The van der Waals surface area contributed by atoms with Gasteiger partial charge in [0.15, 0.2) is 6.54 Å². The molecule has 0 radical (unpaired) electrons. The molecular weight excluding hydrogens is 290 g/mol. The van der Waals surface area contributed by atoms with E-state index < -0.39 is 0 Å². The van der Waals surface area contributed by atoms with Crippen molar-refractivity contribution in [3.8, 4) is 0 Å². The van der Waals surface area contributed by atoms with E-state index in [1.165, 1.54) is 20.8 Å². The smallest absolute Gasteiger partial charge is 0.242 e. The lowest BCUT2D eigenvalue weighted by molar-refractivity contribution is -0.672. The molecule has 0 spiro atoms. The van der Waals surface area contributed by atoms with Crippen LogP contribution in [0.5, 0.6) is 0 Å². The predicted molar refractivity (Wildman–Crippen MR) is 91.2 cm³/mol. The Morgan fingerprint density at radius 3 is 2.55 bits per heavy atom. The Balaban J connectivity index is 1.95. The zero-order chi connectivity index (χ0) is 15.4. The molecule has 0 saturated carbocycles. The van der Waals surface area contributed by atoms with E-state index in [0.29, 0.717) is 18.6 Å². The number of carbonyl (C=O) groups excluding carboxylic acids is 1. The van der Waals surface area contributed by atoms with Gasteiger partial charge in [-0.25, -0.2) is 0 Å². The molecule has 0 fully saturated rings. The molecule has 0 aliphatic rings. The third kappa shape index (κ3) is 3.25. The van der Waals surface area contributed by atoms with Crippen LogP contribution >= 0.6 is 11.3 Å². The van der Waals surface area contributed by atoms with E-state index in [-0.39, 0.29) is 0 Å². The fraction of sp³-hybridized carbons (Fsp3) is 0.263. The summed E-state index contributed by atoms with van der Waals surface area (Å²) in [7, 11) is 0. The Labute approximate surface area is 135 Å². The molecule has 3 aromatic rings. The maximum absolute atomic E-state index is 11.7. The van der Waals surface area contributed by atoms with Crippen molar-refractivity contribution in [2.75, 3.05) is 0 Å². The van der Waals surface area contributed by atoms with Crippen molar-refractivity contribution in [2.24, 2.45) is 0 Å². The van der Waals surface area contributed by atoms with Gasteiger partial charge in [-0.3, -0.25) is 4.79 Å². The Bertz CT molecular complexity index is 776. The van der Waals surface area contributed by atoms with Crippen LogP contribution in [0.1, 0.15) is 30.3 Å². The predicted octanol–water partition coefficient (Wildman–Crippen LogP) is 4.15. The van der Waals surface area contributed by atoms with Gasteiger partial charge in [0.05, 0.1) is 12.8 Å². The molecule has 0 bridgehead atoms. The van der Waals surface area contributed by atoms with E-state index in [2.05, 4.69) is 53.1 Å². The standard InChI is InChI=1S/C19H20NOS/c1-2-16(21)12-13-20-17-10-6-7-11-18(17)22-19(20)14-15-8-4-3-5-9-15/h3-11H,2,12-14H2,1H3/q+1. The molecule has 3 heteroatoms. The van der Waals surface area contributed by atoms with Gasteiger partial charge in [-0.2, -0.15) is 4.57 Å². The van der Waals surface area contributed by atoms with Crippen LogP contribution in [0.2, 0.25) is 0 Å². The zero-order valence-electron chi connectivity index (χ0n) is 12.8. The summed E-state index contributed by atoms with van der Waals surface area (Å²) in [5.74, 6) is 0.327. The average molecular weight is 310 g/mol. The Hall–Kier alpha value is -2.00. The number of benzene rings is 2. The van der Waals surface area contributed by atoms with Gasteiger partial charge in [0.25, 0.3) is 0 Å². The monoisotopic (exact) mass is 310 g/mol. The number of para-hydroxylation sites is 1. The molecule has 1 heterocycles. The molecule has 0 saturated heterocycles. The van der Waals surface area contributed by atoms with E-state index in [1.54, 1.807) is 0 Å². The van der Waals surface area contributed by atoms with E-state index in [4.69, 9.17) is 0 Å². The molecule has 0 N–H and O–H groups in total. The largest absolute Gasteiger partial charge is 0.299 e. The first-order valence-corrected chi connectivity index (χ1v) is 8.55. The van der Waals surface area contributed by atoms with Crippen LogP contribution in [0.15, 0.2) is 54.6 Å². The number of carbonyl (C=O) groups is 1. The lowest BCUT2D eigenvalue weighted by Gasteiger charge is -2.00. The highest BCUT2D eigenvalue weighted by Crippen LogP contribution is 2.22. The number of nitrogens with zero attached hydrogens (tertiary/aromatic N) is 1. The van der Waals surface area contributed by atoms with Crippen LogP contribution in [0.25, 0.3) is 10.2 Å². The van der Waals surface area contributed by atoms with Crippen LogP contribution in [-0.4, -0.2) is 5.78 Å². The van der Waals surface area contributed by atoms with Gasteiger partial charge in [-0.1, -0.05) is 60.7 Å². The Morgan fingerprint density at radius 1 is 1.05 bits per heavy atom. The van der Waals surface area contributed by atoms with E-state index >= 15 is 0 Å². The fourth-order valence-electron chi connectivity index (χ4n) is 2.64. The van der Waals surface area contributed by atoms with E-state index in [1.807, 2.05) is 24.3 Å². The Kier molecular flexibility index (Phi) is 4.64. The first kappa shape index (κ1) is 14.9.